The van der Waals surface area contributed by atoms with Crippen molar-refractivity contribution in [1.29, 1.82) is 0 Å². The average molecular weight is 508 g/mol. The molecule has 2 aromatic rings. The number of Topliss-reactive ketones (excluding diaryl/α,β-unsaturated/α-hetero) is 2. The maximum absolute atomic E-state index is 13.4. The first-order valence-electron chi connectivity index (χ1n) is 8.86. The number of hydrogen-bond acceptors (Lipinski definition) is 4. The molecule has 0 aliphatic carbocycles. The molecule has 28 heavy (non-hydrogen) atoms. The van der Waals surface area contributed by atoms with Gasteiger partial charge in [-0.25, -0.2) is 0 Å². The summed E-state index contributed by atoms with van der Waals surface area (Å²) >= 11 is 6.71. The Morgan fingerprint density at radius 2 is 1.43 bits per heavy atom. The quantitative estimate of drug-likeness (QED) is 0.303. The lowest BCUT2D eigenvalue weighted by molar-refractivity contribution is -0.187. The number of carbonyl (C=O) groups excluding carboxylic acids is 3. The maximum Gasteiger partial charge on any atom is 0.320 e. The van der Waals surface area contributed by atoms with Gasteiger partial charge in [0.25, 0.3) is 0 Å². The van der Waals surface area contributed by atoms with E-state index in [9.17, 15) is 14.4 Å². The number of halogens is 2. The van der Waals surface area contributed by atoms with Crippen molar-refractivity contribution in [2.45, 2.75) is 33.3 Å². The van der Waals surface area contributed by atoms with Gasteiger partial charge in [-0.15, -0.1) is 0 Å². The second-order valence-corrected chi connectivity index (χ2v) is 9.66. The fourth-order valence-electron chi connectivity index (χ4n) is 3.64. The summed E-state index contributed by atoms with van der Waals surface area (Å²) in [6.07, 6.45) is -0.917. The highest BCUT2D eigenvalue weighted by Crippen LogP contribution is 2.49. The van der Waals surface area contributed by atoms with E-state index in [2.05, 4.69) is 31.9 Å². The fourth-order valence-corrected chi connectivity index (χ4v) is 4.17. The number of hydrogen-bond donors (Lipinski definition) is 0. The number of ether oxygens (including phenoxy) is 1. The summed E-state index contributed by atoms with van der Waals surface area (Å²) in [6, 6.07) is 14.2. The van der Waals surface area contributed by atoms with Crippen LogP contribution in [0.25, 0.3) is 0 Å². The molecule has 1 heterocycles. The van der Waals surface area contributed by atoms with Crippen LogP contribution in [0.4, 0.5) is 0 Å². The summed E-state index contributed by atoms with van der Waals surface area (Å²) < 4.78 is 7.48. The van der Waals surface area contributed by atoms with Gasteiger partial charge in [0, 0.05) is 20.9 Å². The minimum atomic E-state index is -1.51. The monoisotopic (exact) mass is 506 g/mol. The Bertz CT molecular complexity index is 932. The van der Waals surface area contributed by atoms with Crippen LogP contribution in [0.2, 0.25) is 0 Å². The van der Waals surface area contributed by atoms with Crippen LogP contribution in [0.5, 0.6) is 0 Å². The Labute approximate surface area is 180 Å². The highest BCUT2D eigenvalue weighted by Gasteiger charge is 2.58. The minimum absolute atomic E-state index is 0.219. The summed E-state index contributed by atoms with van der Waals surface area (Å²) in [5.74, 6) is -1.21. The first-order valence-corrected chi connectivity index (χ1v) is 10.4. The Morgan fingerprint density at radius 3 is 1.96 bits per heavy atom. The first kappa shape index (κ1) is 20.9. The zero-order valence-corrected chi connectivity index (χ0v) is 19.0. The van der Waals surface area contributed by atoms with Crippen LogP contribution in [0.1, 0.15) is 49.2 Å². The van der Waals surface area contributed by atoms with Crippen LogP contribution in [0.3, 0.4) is 0 Å². The van der Waals surface area contributed by atoms with Gasteiger partial charge in [0.1, 0.15) is 11.5 Å². The molecule has 2 atom stereocenters. The molecule has 6 heteroatoms. The van der Waals surface area contributed by atoms with Gasteiger partial charge in [0.2, 0.25) is 0 Å². The number of carbonyl (C=O) groups is 3. The molecule has 0 aromatic heterocycles. The third kappa shape index (κ3) is 3.72. The zero-order chi connectivity index (χ0) is 20.7. The molecule has 146 valence electrons. The van der Waals surface area contributed by atoms with Crippen molar-refractivity contribution >= 4 is 49.4 Å². The van der Waals surface area contributed by atoms with Crippen LogP contribution in [-0.2, 0) is 14.3 Å². The lowest BCUT2D eigenvalue weighted by Crippen LogP contribution is -2.54. The van der Waals surface area contributed by atoms with E-state index in [1.165, 1.54) is 6.92 Å². The van der Waals surface area contributed by atoms with Crippen LogP contribution < -0.4 is 0 Å². The van der Waals surface area contributed by atoms with E-state index in [4.69, 9.17) is 4.74 Å². The molecule has 1 fully saturated rings. The van der Waals surface area contributed by atoms with E-state index in [-0.39, 0.29) is 18.0 Å². The van der Waals surface area contributed by atoms with Crippen LogP contribution in [0.15, 0.2) is 57.5 Å². The highest BCUT2D eigenvalue weighted by molar-refractivity contribution is 9.10. The predicted octanol–water partition coefficient (Wildman–Crippen LogP) is 5.68. The van der Waals surface area contributed by atoms with Crippen molar-refractivity contribution in [3.63, 3.8) is 0 Å². The summed E-state index contributed by atoms with van der Waals surface area (Å²) in [5.41, 5.74) is -1.27. The van der Waals surface area contributed by atoms with Crippen molar-refractivity contribution in [1.82, 2.24) is 0 Å². The second kappa shape index (κ2) is 7.56. The molecule has 1 saturated heterocycles. The highest BCUT2D eigenvalue weighted by atomic mass is 79.9. The lowest BCUT2D eigenvalue weighted by atomic mass is 9.64. The second-order valence-electron chi connectivity index (χ2n) is 7.83. The van der Waals surface area contributed by atoms with Crippen molar-refractivity contribution in [3.05, 3.63) is 68.6 Å². The number of esters is 1. The SMILES string of the molecule is CC1(CC(=O)c2ccc(Br)cc2)C(=O)OC(c2ccc(Br)cc2)C(C)(C)C1=O. The maximum atomic E-state index is 13.4. The van der Waals surface area contributed by atoms with Crippen LogP contribution in [-0.4, -0.2) is 17.5 Å². The Balaban J connectivity index is 1.90. The van der Waals surface area contributed by atoms with E-state index in [1.54, 1.807) is 38.1 Å². The molecule has 4 nitrogen and oxygen atoms in total. The summed E-state index contributed by atoms with van der Waals surface area (Å²) in [4.78, 5) is 39.0. The summed E-state index contributed by atoms with van der Waals surface area (Å²) in [5, 5.41) is 0. The van der Waals surface area contributed by atoms with Crippen LogP contribution in [0, 0.1) is 10.8 Å². The number of rotatable bonds is 4. The molecule has 0 amide bonds. The molecule has 0 N–H and O–H groups in total. The van der Waals surface area contributed by atoms with Gasteiger partial charge in [-0.2, -0.15) is 0 Å². The first-order chi connectivity index (χ1) is 13.1. The lowest BCUT2D eigenvalue weighted by Gasteiger charge is -2.44. The Hall–Kier alpha value is -1.79. The molecule has 1 aliphatic rings. The van der Waals surface area contributed by atoms with Gasteiger partial charge in [-0.1, -0.05) is 56.1 Å². The Kier molecular flexibility index (Phi) is 5.65. The van der Waals surface area contributed by atoms with E-state index >= 15 is 0 Å². The molecule has 3 rings (SSSR count). The summed E-state index contributed by atoms with van der Waals surface area (Å²) in [7, 11) is 0. The van der Waals surface area contributed by atoms with Crippen molar-refractivity contribution in [2.75, 3.05) is 0 Å². The molecule has 2 aromatic carbocycles. The molecule has 0 bridgehead atoms. The fraction of sp³-hybridized carbons (Fsp3) is 0.318. The van der Waals surface area contributed by atoms with Crippen molar-refractivity contribution in [3.8, 4) is 0 Å². The van der Waals surface area contributed by atoms with Gasteiger partial charge in [0.15, 0.2) is 11.6 Å². The van der Waals surface area contributed by atoms with Crippen LogP contribution >= 0.6 is 31.9 Å². The van der Waals surface area contributed by atoms with Crippen molar-refractivity contribution in [2.24, 2.45) is 10.8 Å². The van der Waals surface area contributed by atoms with Gasteiger partial charge < -0.3 is 4.74 Å². The van der Waals surface area contributed by atoms with Gasteiger partial charge in [-0.05, 0) is 50.6 Å². The number of benzene rings is 2. The average Bonchev–Trinajstić information content (AvgIpc) is 2.65. The Morgan fingerprint density at radius 1 is 0.929 bits per heavy atom. The van der Waals surface area contributed by atoms with E-state index in [0.29, 0.717) is 5.56 Å². The topological polar surface area (TPSA) is 60.4 Å². The third-order valence-electron chi connectivity index (χ3n) is 5.27. The minimum Gasteiger partial charge on any atom is -0.456 e. The van der Waals surface area contributed by atoms with Gasteiger partial charge in [0.05, 0.1) is 5.41 Å². The van der Waals surface area contributed by atoms with Crippen molar-refractivity contribution < 1.29 is 19.1 Å². The standard InChI is InChI=1S/C22H20Br2O4/c1-21(2)18(14-6-10-16(24)11-7-14)28-20(27)22(3,19(21)26)12-17(25)13-4-8-15(23)9-5-13/h4-11,18H,12H2,1-3H3. The molecule has 1 aliphatic heterocycles. The molecule has 0 radical (unpaired) electrons. The van der Waals surface area contributed by atoms with E-state index in [1.807, 2.05) is 24.3 Å². The smallest absolute Gasteiger partial charge is 0.320 e. The normalized spacial score (nSPS) is 24.0. The largest absolute Gasteiger partial charge is 0.456 e. The number of ketones is 2. The van der Waals surface area contributed by atoms with E-state index < -0.39 is 22.9 Å². The molecular weight excluding hydrogens is 488 g/mol. The molecule has 0 spiro atoms. The molecular formula is C22H20Br2O4. The zero-order valence-electron chi connectivity index (χ0n) is 15.8. The molecule has 2 unspecified atom stereocenters. The van der Waals surface area contributed by atoms with Gasteiger partial charge in [-0.3, -0.25) is 14.4 Å². The summed E-state index contributed by atoms with van der Waals surface area (Å²) in [6.45, 7) is 5.03. The predicted molar refractivity (Wildman–Crippen MR) is 113 cm³/mol. The third-order valence-corrected chi connectivity index (χ3v) is 6.33. The molecule has 0 saturated carbocycles. The van der Waals surface area contributed by atoms with Gasteiger partial charge >= 0.3 is 5.97 Å². The number of cyclic esters (lactones) is 1. The van der Waals surface area contributed by atoms with E-state index in [0.717, 1.165) is 14.5 Å².